The summed E-state index contributed by atoms with van der Waals surface area (Å²) in [6.07, 6.45) is 0.134. The molecule has 8 nitrogen and oxygen atoms in total. The van der Waals surface area contributed by atoms with Crippen LogP contribution >= 0.6 is 0 Å². The molecule has 2 rings (SSSR count). The van der Waals surface area contributed by atoms with E-state index in [1.54, 1.807) is 20.8 Å². The Labute approximate surface area is 159 Å². The van der Waals surface area contributed by atoms with Crippen LogP contribution in [0.25, 0.3) is 11.0 Å². The minimum Gasteiger partial charge on any atom is -0.489 e. The third-order valence-electron chi connectivity index (χ3n) is 3.78. The van der Waals surface area contributed by atoms with E-state index in [1.165, 1.54) is 17.7 Å². The average molecular weight is 424 g/mol. The second-order valence-electron chi connectivity index (χ2n) is 5.55. The number of rotatable bonds is 7. The summed E-state index contributed by atoms with van der Waals surface area (Å²) in [6, 6.07) is 1.40. The number of alkyl halides is 3. The van der Waals surface area contributed by atoms with E-state index in [9.17, 15) is 26.4 Å². The Morgan fingerprint density at radius 3 is 2.36 bits per heavy atom. The summed E-state index contributed by atoms with van der Waals surface area (Å²) in [6.45, 7) is 5.06. The molecular weight excluding hydrogens is 405 g/mol. The predicted octanol–water partition coefficient (Wildman–Crippen LogP) is 2.94. The van der Waals surface area contributed by atoms with Gasteiger partial charge in [0, 0.05) is 12.6 Å². The van der Waals surface area contributed by atoms with E-state index < -0.39 is 27.5 Å². The minimum atomic E-state index is -5.91. The highest BCUT2D eigenvalue weighted by Crippen LogP contribution is 2.36. The molecule has 0 amide bonds. The highest BCUT2D eigenvalue weighted by atomic mass is 32.2. The molecule has 0 aliphatic heterocycles. The van der Waals surface area contributed by atoms with Crippen LogP contribution in [-0.4, -0.2) is 42.7 Å². The lowest BCUT2D eigenvalue weighted by Gasteiger charge is -2.12. The zero-order valence-electron chi connectivity index (χ0n) is 15.6. The quantitative estimate of drug-likeness (QED) is 0.383. The number of pyridine rings is 1. The molecule has 2 aromatic rings. The summed E-state index contributed by atoms with van der Waals surface area (Å²) < 4.78 is 77.0. The summed E-state index contributed by atoms with van der Waals surface area (Å²) in [5, 5.41) is 0. The maximum Gasteiger partial charge on any atom is 0.534 e. The molecule has 0 saturated carbocycles. The second-order valence-corrected chi connectivity index (χ2v) is 7.09. The Bertz CT molecular complexity index is 998. The van der Waals surface area contributed by atoms with Gasteiger partial charge in [-0.3, -0.25) is 0 Å². The van der Waals surface area contributed by atoms with E-state index in [-0.39, 0.29) is 42.2 Å². The fraction of sp³-hybridized carbons (Fsp3) is 0.500. The van der Waals surface area contributed by atoms with Crippen LogP contribution in [0.5, 0.6) is 11.6 Å². The van der Waals surface area contributed by atoms with E-state index >= 15 is 0 Å². The first-order chi connectivity index (χ1) is 13.0. The van der Waals surface area contributed by atoms with Crippen LogP contribution in [0.2, 0.25) is 0 Å². The van der Waals surface area contributed by atoms with Crippen LogP contribution in [0.3, 0.4) is 0 Å². The highest BCUT2D eigenvalue weighted by molar-refractivity contribution is 7.87. The van der Waals surface area contributed by atoms with Crippen LogP contribution in [-0.2, 0) is 28.3 Å². The third-order valence-corrected chi connectivity index (χ3v) is 4.72. The molecule has 2 heterocycles. The number of esters is 1. The molecule has 28 heavy (non-hydrogen) atoms. The van der Waals surface area contributed by atoms with Gasteiger partial charge in [0.1, 0.15) is 5.52 Å². The molecule has 0 atom stereocenters. The van der Waals surface area contributed by atoms with Crippen molar-refractivity contribution in [3.05, 3.63) is 17.3 Å². The first-order valence-electron chi connectivity index (χ1n) is 8.31. The van der Waals surface area contributed by atoms with Crippen LogP contribution in [0.15, 0.2) is 6.07 Å². The number of fused-ring (bicyclic) bond motifs is 1. The molecule has 0 aliphatic carbocycles. The van der Waals surface area contributed by atoms with Gasteiger partial charge in [0.15, 0.2) is 11.4 Å². The van der Waals surface area contributed by atoms with Gasteiger partial charge >= 0.3 is 21.6 Å². The van der Waals surface area contributed by atoms with Gasteiger partial charge in [-0.2, -0.15) is 21.6 Å². The number of hydrogen-bond donors (Lipinski definition) is 0. The molecule has 0 radical (unpaired) electrons. The molecule has 0 aliphatic rings. The Morgan fingerprint density at radius 1 is 1.21 bits per heavy atom. The maximum absolute atomic E-state index is 12.7. The van der Waals surface area contributed by atoms with E-state index in [4.69, 9.17) is 9.47 Å². The first-order valence-corrected chi connectivity index (χ1v) is 9.72. The minimum absolute atomic E-state index is 0.00378. The monoisotopic (exact) mass is 424 g/mol. The summed E-state index contributed by atoms with van der Waals surface area (Å²) in [4.78, 5) is 16.2. The number of carbonyl (C=O) groups excluding carboxylic acids is 1. The maximum atomic E-state index is 12.7. The van der Waals surface area contributed by atoms with Crippen LogP contribution < -0.4 is 8.92 Å². The number of aryl methyl sites for hydroxylation is 2. The number of ether oxygens (including phenoxy) is 2. The Kier molecular flexibility index (Phi) is 6.12. The molecule has 12 heteroatoms. The molecule has 0 bridgehead atoms. The van der Waals surface area contributed by atoms with Gasteiger partial charge in [-0.25, -0.2) is 9.78 Å². The summed E-state index contributed by atoms with van der Waals surface area (Å²) in [7, 11) is -4.37. The fourth-order valence-corrected chi connectivity index (χ4v) is 2.97. The number of carbonyl (C=O) groups is 1. The van der Waals surface area contributed by atoms with Crippen molar-refractivity contribution in [2.45, 2.75) is 32.7 Å². The SMILES string of the molecule is CCOC(=O)c1c(OCC)c2nc(OS(=O)(=O)C(F)(F)F)c(CC)cc2n1C. The van der Waals surface area contributed by atoms with Crippen molar-refractivity contribution in [1.29, 1.82) is 0 Å². The molecule has 0 fully saturated rings. The number of hydrogen-bond acceptors (Lipinski definition) is 7. The van der Waals surface area contributed by atoms with Gasteiger partial charge in [0.2, 0.25) is 5.88 Å². The van der Waals surface area contributed by atoms with Crippen LogP contribution in [0.4, 0.5) is 13.2 Å². The Hall–Kier alpha value is -2.50. The molecule has 0 aromatic carbocycles. The normalized spacial score (nSPS) is 12.2. The number of halogens is 3. The molecular formula is C16H19F3N2O6S. The summed E-state index contributed by atoms with van der Waals surface area (Å²) >= 11 is 0. The molecule has 2 aromatic heterocycles. The number of aromatic nitrogens is 2. The molecule has 0 unspecified atom stereocenters. The largest absolute Gasteiger partial charge is 0.534 e. The third kappa shape index (κ3) is 3.86. The van der Waals surface area contributed by atoms with Crippen molar-refractivity contribution in [1.82, 2.24) is 9.55 Å². The predicted molar refractivity (Wildman–Crippen MR) is 92.8 cm³/mol. The second kappa shape index (κ2) is 7.86. The van der Waals surface area contributed by atoms with Crippen molar-refractivity contribution in [3.63, 3.8) is 0 Å². The lowest BCUT2D eigenvalue weighted by molar-refractivity contribution is -0.0501. The molecule has 156 valence electrons. The summed E-state index contributed by atoms with van der Waals surface area (Å²) in [5.41, 5.74) is -5.16. The van der Waals surface area contributed by atoms with Crippen LogP contribution in [0, 0.1) is 0 Å². The fourth-order valence-electron chi connectivity index (χ4n) is 2.52. The van der Waals surface area contributed by atoms with Gasteiger partial charge in [0.05, 0.1) is 18.7 Å². The zero-order valence-corrected chi connectivity index (χ0v) is 16.4. The van der Waals surface area contributed by atoms with Gasteiger partial charge in [0.25, 0.3) is 0 Å². The topological polar surface area (TPSA) is 96.7 Å². The van der Waals surface area contributed by atoms with Crippen molar-refractivity contribution < 1.29 is 40.0 Å². The van der Waals surface area contributed by atoms with E-state index in [1.807, 2.05) is 0 Å². The zero-order chi connectivity index (χ0) is 21.3. The van der Waals surface area contributed by atoms with E-state index in [0.29, 0.717) is 5.52 Å². The average Bonchev–Trinajstić information content (AvgIpc) is 2.85. The van der Waals surface area contributed by atoms with Crippen molar-refractivity contribution in [3.8, 4) is 11.6 Å². The molecule has 0 spiro atoms. The first kappa shape index (κ1) is 21.8. The lowest BCUT2D eigenvalue weighted by atomic mass is 10.2. The smallest absolute Gasteiger partial charge is 0.489 e. The number of nitrogens with zero attached hydrogens (tertiary/aromatic N) is 2. The van der Waals surface area contributed by atoms with Crippen LogP contribution in [0.1, 0.15) is 36.8 Å². The van der Waals surface area contributed by atoms with Gasteiger partial charge in [-0.15, -0.1) is 0 Å². The van der Waals surface area contributed by atoms with E-state index in [0.717, 1.165) is 0 Å². The highest BCUT2D eigenvalue weighted by Gasteiger charge is 2.49. The van der Waals surface area contributed by atoms with Crippen molar-refractivity contribution in [2.24, 2.45) is 7.05 Å². The molecule has 0 saturated heterocycles. The van der Waals surface area contributed by atoms with Gasteiger partial charge in [-0.05, 0) is 26.3 Å². The van der Waals surface area contributed by atoms with Gasteiger partial charge in [-0.1, -0.05) is 6.92 Å². The standard InChI is InChI=1S/C16H19F3N2O6S/c1-5-9-8-10-11(20-14(9)27-28(23,24)16(17,18)19)13(25-6-2)12(21(10)4)15(22)26-7-3/h8H,5-7H2,1-4H3. The van der Waals surface area contributed by atoms with Crippen molar-refractivity contribution >= 4 is 27.1 Å². The Morgan fingerprint density at radius 2 is 1.86 bits per heavy atom. The summed E-state index contributed by atoms with van der Waals surface area (Å²) in [5.74, 6) is -1.47. The van der Waals surface area contributed by atoms with Gasteiger partial charge < -0.3 is 18.2 Å². The molecule has 0 N–H and O–H groups in total. The van der Waals surface area contributed by atoms with Crippen molar-refractivity contribution in [2.75, 3.05) is 13.2 Å². The Balaban J connectivity index is 2.76. The lowest BCUT2D eigenvalue weighted by Crippen LogP contribution is -2.28. The van der Waals surface area contributed by atoms with E-state index in [2.05, 4.69) is 9.17 Å².